The molecule has 1 aliphatic rings. The molecule has 3 aromatic rings. The topological polar surface area (TPSA) is 78.8 Å². The van der Waals surface area contributed by atoms with Gasteiger partial charge in [0.05, 0.1) is 17.7 Å². The number of methoxy groups -OCH3 is 1. The molecule has 0 bridgehead atoms. The summed E-state index contributed by atoms with van der Waals surface area (Å²) < 4.78 is 5.48. The van der Waals surface area contributed by atoms with Crippen LogP contribution in [0.15, 0.2) is 59.9 Å². The lowest BCUT2D eigenvalue weighted by Gasteiger charge is -2.39. The average molecular weight is 523 g/mol. The van der Waals surface area contributed by atoms with E-state index in [1.165, 1.54) is 5.56 Å². The monoisotopic (exact) mass is 522 g/mol. The van der Waals surface area contributed by atoms with Crippen LogP contribution < -0.4 is 4.74 Å². The fourth-order valence-corrected chi connectivity index (χ4v) is 6.40. The zero-order valence-corrected chi connectivity index (χ0v) is 22.9. The average Bonchev–Trinajstić information content (AvgIpc) is 2.89. The van der Waals surface area contributed by atoms with Gasteiger partial charge in [-0.05, 0) is 93.7 Å². The first-order valence-corrected chi connectivity index (χ1v) is 14.0. The van der Waals surface area contributed by atoms with Crippen LogP contribution in [0.5, 0.6) is 5.75 Å². The van der Waals surface area contributed by atoms with Crippen molar-refractivity contribution in [3.05, 3.63) is 60.4 Å². The lowest BCUT2D eigenvalue weighted by atomic mass is 9.79. The summed E-state index contributed by atoms with van der Waals surface area (Å²) in [6, 6.07) is 14.3. The molecule has 2 aromatic heterocycles. The van der Waals surface area contributed by atoms with E-state index in [1.54, 1.807) is 18.9 Å². The maximum Gasteiger partial charge on any atom is 0.303 e. The van der Waals surface area contributed by atoms with E-state index in [-0.39, 0.29) is 18.4 Å². The summed E-state index contributed by atoms with van der Waals surface area (Å²) in [4.78, 5) is 25.4. The smallest absolute Gasteiger partial charge is 0.303 e. The molecule has 198 valence electrons. The molecular formula is C29H38N4O3S. The summed E-state index contributed by atoms with van der Waals surface area (Å²) in [6.45, 7) is 2.82. The highest BCUT2D eigenvalue weighted by molar-refractivity contribution is 7.99. The summed E-state index contributed by atoms with van der Waals surface area (Å²) in [5.41, 5.74) is 2.21. The van der Waals surface area contributed by atoms with Crippen LogP contribution in [0, 0.1) is 11.8 Å². The molecule has 0 aliphatic carbocycles. The number of carbonyl (C=O) groups is 1. The molecular weight excluding hydrogens is 484 g/mol. The number of benzene rings is 1. The molecule has 1 N–H and O–H groups in total. The second-order valence-corrected chi connectivity index (χ2v) is 11.2. The number of thioether (sulfide) groups is 1. The van der Waals surface area contributed by atoms with Crippen LogP contribution in [-0.4, -0.2) is 77.4 Å². The van der Waals surface area contributed by atoms with Crippen molar-refractivity contribution in [1.29, 1.82) is 0 Å². The number of hydrogen-bond acceptors (Lipinski definition) is 7. The third-order valence-corrected chi connectivity index (χ3v) is 8.41. The Morgan fingerprint density at radius 1 is 1.19 bits per heavy atom. The molecule has 37 heavy (non-hydrogen) atoms. The van der Waals surface area contributed by atoms with E-state index < -0.39 is 5.97 Å². The minimum atomic E-state index is -0.698. The molecule has 8 heteroatoms. The highest BCUT2D eigenvalue weighted by Crippen LogP contribution is 2.36. The number of nitrogens with zero attached hydrogens (tertiary/aromatic N) is 4. The summed E-state index contributed by atoms with van der Waals surface area (Å²) in [5.74, 6) is 1.66. The number of rotatable bonds is 12. The van der Waals surface area contributed by atoms with Gasteiger partial charge in [-0.25, -0.2) is 4.98 Å². The second kappa shape index (κ2) is 13.2. The maximum atomic E-state index is 11.7. The normalized spacial score (nSPS) is 19.2. The molecule has 0 saturated carbocycles. The van der Waals surface area contributed by atoms with Crippen LogP contribution in [0.1, 0.15) is 37.3 Å². The van der Waals surface area contributed by atoms with E-state index in [2.05, 4.69) is 46.0 Å². The first-order valence-electron chi connectivity index (χ1n) is 13.0. The van der Waals surface area contributed by atoms with E-state index in [0.29, 0.717) is 5.92 Å². The SMILES string of the molecule is COc1ccc2nccc([C@@H](CC[C@@H]3CCN(CCSc4ccccn4)C[C@@H]3CC(=O)O)N(C)C)c2c1. The van der Waals surface area contributed by atoms with Gasteiger partial charge < -0.3 is 19.6 Å². The van der Waals surface area contributed by atoms with Gasteiger partial charge in [0.1, 0.15) is 5.75 Å². The zero-order chi connectivity index (χ0) is 26.2. The van der Waals surface area contributed by atoms with Crippen molar-refractivity contribution in [1.82, 2.24) is 19.8 Å². The van der Waals surface area contributed by atoms with Gasteiger partial charge in [-0.15, -0.1) is 11.8 Å². The van der Waals surface area contributed by atoms with Crippen LogP contribution in [0.25, 0.3) is 10.9 Å². The van der Waals surface area contributed by atoms with Gasteiger partial charge in [-0.3, -0.25) is 9.78 Å². The lowest BCUT2D eigenvalue weighted by Crippen LogP contribution is -2.42. The number of fused-ring (bicyclic) bond motifs is 1. The molecule has 0 amide bonds. The number of carboxylic acid groups (broad SMARTS) is 1. The first kappa shape index (κ1) is 27.4. The van der Waals surface area contributed by atoms with Gasteiger partial charge in [0.15, 0.2) is 0 Å². The van der Waals surface area contributed by atoms with Gasteiger partial charge in [-0.2, -0.15) is 0 Å². The number of pyridine rings is 2. The van der Waals surface area contributed by atoms with E-state index in [1.807, 2.05) is 42.7 Å². The van der Waals surface area contributed by atoms with Crippen LogP contribution in [0.4, 0.5) is 0 Å². The van der Waals surface area contributed by atoms with Gasteiger partial charge in [0, 0.05) is 49.1 Å². The number of likely N-dealkylation sites (tertiary alicyclic amines) is 1. The predicted octanol–water partition coefficient (Wildman–Crippen LogP) is 5.23. The Balaban J connectivity index is 1.41. The van der Waals surface area contributed by atoms with Gasteiger partial charge in [0.25, 0.3) is 0 Å². The van der Waals surface area contributed by atoms with E-state index in [0.717, 1.165) is 66.3 Å². The van der Waals surface area contributed by atoms with Crippen LogP contribution >= 0.6 is 11.8 Å². The first-order chi connectivity index (χ1) is 17.9. The predicted molar refractivity (Wildman–Crippen MR) is 149 cm³/mol. The Hall–Kier alpha value is -2.68. The third-order valence-electron chi connectivity index (χ3n) is 7.48. The summed E-state index contributed by atoms with van der Waals surface area (Å²) in [7, 11) is 5.92. The molecule has 3 atom stereocenters. The minimum Gasteiger partial charge on any atom is -0.497 e. The number of carboxylic acids is 1. The summed E-state index contributed by atoms with van der Waals surface area (Å²) in [6.07, 6.45) is 6.96. The fourth-order valence-electron chi connectivity index (χ4n) is 5.53. The fraction of sp³-hybridized carbons (Fsp3) is 0.483. The molecule has 1 saturated heterocycles. The Morgan fingerprint density at radius 3 is 2.78 bits per heavy atom. The van der Waals surface area contributed by atoms with E-state index >= 15 is 0 Å². The molecule has 7 nitrogen and oxygen atoms in total. The Kier molecular flexibility index (Phi) is 9.77. The third kappa shape index (κ3) is 7.43. The summed E-state index contributed by atoms with van der Waals surface area (Å²) >= 11 is 1.76. The van der Waals surface area contributed by atoms with Crippen LogP contribution in [0.3, 0.4) is 0 Å². The minimum absolute atomic E-state index is 0.170. The van der Waals surface area contributed by atoms with Crippen LogP contribution in [-0.2, 0) is 4.79 Å². The maximum absolute atomic E-state index is 11.7. The van der Waals surface area contributed by atoms with Crippen molar-refractivity contribution in [2.45, 2.75) is 36.8 Å². The van der Waals surface area contributed by atoms with Crippen molar-refractivity contribution in [2.75, 3.05) is 46.6 Å². The van der Waals surface area contributed by atoms with E-state index in [4.69, 9.17) is 4.74 Å². The van der Waals surface area contributed by atoms with Gasteiger partial charge in [-0.1, -0.05) is 6.07 Å². The Morgan fingerprint density at radius 2 is 2.05 bits per heavy atom. The molecule has 0 spiro atoms. The van der Waals surface area contributed by atoms with Crippen molar-refractivity contribution >= 4 is 28.6 Å². The molecule has 1 fully saturated rings. The number of hydrogen-bond donors (Lipinski definition) is 1. The van der Waals surface area contributed by atoms with E-state index in [9.17, 15) is 9.90 Å². The quantitative estimate of drug-likeness (QED) is 0.324. The molecule has 1 aliphatic heterocycles. The van der Waals surface area contributed by atoms with Gasteiger partial charge >= 0.3 is 5.97 Å². The number of aromatic nitrogens is 2. The lowest BCUT2D eigenvalue weighted by molar-refractivity contribution is -0.139. The number of piperidine rings is 1. The van der Waals surface area contributed by atoms with Crippen LogP contribution in [0.2, 0.25) is 0 Å². The van der Waals surface area contributed by atoms with Crippen molar-refractivity contribution in [3.8, 4) is 5.75 Å². The second-order valence-electron chi connectivity index (χ2n) is 10.1. The molecule has 0 radical (unpaired) electrons. The molecule has 1 aromatic carbocycles. The Labute approximate surface area is 224 Å². The largest absolute Gasteiger partial charge is 0.497 e. The number of ether oxygens (including phenoxy) is 1. The highest BCUT2D eigenvalue weighted by Gasteiger charge is 2.31. The van der Waals surface area contributed by atoms with Crippen molar-refractivity contribution < 1.29 is 14.6 Å². The molecule has 3 heterocycles. The zero-order valence-electron chi connectivity index (χ0n) is 22.0. The number of aliphatic carboxylic acids is 1. The summed E-state index contributed by atoms with van der Waals surface area (Å²) in [5, 5.41) is 11.8. The Bertz CT molecular complexity index is 1160. The standard InChI is InChI=1S/C29H38N4O3S/c1-32(2)27(24-11-14-30-26-9-8-23(36-3)19-25(24)26)10-7-21-12-15-33(20-22(21)18-29(34)35)16-17-37-28-6-4-5-13-31-28/h4-6,8-9,11,13-14,19,21-22,27H,7,10,12,15-18,20H2,1-3H3,(H,34,35)/t21-,22+,27-/m1/s1. The molecule has 4 rings (SSSR count). The van der Waals surface area contributed by atoms with Crippen molar-refractivity contribution in [3.63, 3.8) is 0 Å². The van der Waals surface area contributed by atoms with Crippen molar-refractivity contribution in [2.24, 2.45) is 11.8 Å². The molecule has 0 unspecified atom stereocenters. The van der Waals surface area contributed by atoms with Gasteiger partial charge in [0.2, 0.25) is 0 Å². The highest BCUT2D eigenvalue weighted by atomic mass is 32.2.